The Morgan fingerprint density at radius 3 is 2.85 bits per heavy atom. The third kappa shape index (κ3) is 5.42. The highest BCUT2D eigenvalue weighted by molar-refractivity contribution is 5.92. The molecule has 27 heavy (non-hydrogen) atoms. The van der Waals surface area contributed by atoms with Crippen molar-refractivity contribution in [2.45, 2.75) is 18.9 Å². The van der Waals surface area contributed by atoms with Crippen LogP contribution in [0.1, 0.15) is 12.8 Å². The number of carbonyl (C=O) groups is 1. The monoisotopic (exact) mass is 372 g/mol. The summed E-state index contributed by atoms with van der Waals surface area (Å²) < 4.78 is 16.5. The fraction of sp³-hybridized carbons (Fsp3) is 0.316. The van der Waals surface area contributed by atoms with Gasteiger partial charge in [0, 0.05) is 24.4 Å². The van der Waals surface area contributed by atoms with E-state index < -0.39 is 10.8 Å². The Kier molecular flexibility index (Phi) is 6.22. The van der Waals surface area contributed by atoms with Crippen LogP contribution in [0.25, 0.3) is 0 Å². The summed E-state index contributed by atoms with van der Waals surface area (Å²) in [7, 11) is 0. The van der Waals surface area contributed by atoms with E-state index in [1.165, 1.54) is 18.2 Å². The lowest BCUT2D eigenvalue weighted by Gasteiger charge is -2.13. The molecule has 0 radical (unpaired) electrons. The summed E-state index contributed by atoms with van der Waals surface area (Å²) in [5.41, 5.74) is 0.367. The van der Waals surface area contributed by atoms with E-state index >= 15 is 0 Å². The zero-order valence-electron chi connectivity index (χ0n) is 14.6. The van der Waals surface area contributed by atoms with Gasteiger partial charge >= 0.3 is 5.69 Å². The van der Waals surface area contributed by atoms with Crippen molar-refractivity contribution in [1.82, 2.24) is 0 Å². The highest BCUT2D eigenvalue weighted by atomic mass is 16.6. The van der Waals surface area contributed by atoms with E-state index in [2.05, 4.69) is 5.32 Å². The number of hydrogen-bond donors (Lipinski definition) is 1. The molecule has 0 bridgehead atoms. The number of ether oxygens (including phenoxy) is 3. The molecule has 2 aromatic carbocycles. The van der Waals surface area contributed by atoms with Gasteiger partial charge in [-0.1, -0.05) is 18.2 Å². The standard InChI is InChI=1S/C19H20N2O6/c22-19(13-27-18-9-2-1-8-17(18)21(23)24)20-14-5-3-6-15(11-14)26-12-16-7-4-10-25-16/h1-3,5-6,8-9,11,16H,4,7,10,12-13H2,(H,20,22). The van der Waals surface area contributed by atoms with Crippen molar-refractivity contribution in [2.24, 2.45) is 0 Å². The minimum absolute atomic E-state index is 0.0475. The van der Waals surface area contributed by atoms with Crippen LogP contribution in [0.3, 0.4) is 0 Å². The molecule has 8 heteroatoms. The van der Waals surface area contributed by atoms with Crippen LogP contribution in [0, 0.1) is 10.1 Å². The van der Waals surface area contributed by atoms with E-state index in [4.69, 9.17) is 14.2 Å². The van der Waals surface area contributed by atoms with Crippen LogP contribution in [0.15, 0.2) is 48.5 Å². The fourth-order valence-electron chi connectivity index (χ4n) is 2.70. The molecule has 0 aromatic heterocycles. The summed E-state index contributed by atoms with van der Waals surface area (Å²) in [5, 5.41) is 13.6. The van der Waals surface area contributed by atoms with Gasteiger partial charge in [0.25, 0.3) is 5.91 Å². The zero-order chi connectivity index (χ0) is 19.1. The van der Waals surface area contributed by atoms with Crippen molar-refractivity contribution in [2.75, 3.05) is 25.1 Å². The highest BCUT2D eigenvalue weighted by Crippen LogP contribution is 2.26. The first-order chi connectivity index (χ1) is 13.1. The van der Waals surface area contributed by atoms with Gasteiger partial charge in [0.1, 0.15) is 12.4 Å². The number of carbonyl (C=O) groups excluding carboxylic acids is 1. The Hall–Kier alpha value is -3.13. The van der Waals surface area contributed by atoms with Crippen LogP contribution in [0.5, 0.6) is 11.5 Å². The third-order valence-electron chi connectivity index (χ3n) is 4.00. The van der Waals surface area contributed by atoms with Crippen LogP contribution in [0.2, 0.25) is 0 Å². The number of nitro benzene ring substituents is 1. The number of benzene rings is 2. The Balaban J connectivity index is 1.52. The molecule has 1 amide bonds. The number of anilines is 1. The maximum absolute atomic E-state index is 12.1. The molecule has 8 nitrogen and oxygen atoms in total. The first-order valence-electron chi connectivity index (χ1n) is 8.62. The van der Waals surface area contributed by atoms with Gasteiger partial charge in [-0.25, -0.2) is 0 Å². The molecule has 1 unspecified atom stereocenters. The minimum Gasteiger partial charge on any atom is -0.491 e. The molecule has 1 heterocycles. The summed E-state index contributed by atoms with van der Waals surface area (Å²) in [6, 6.07) is 12.9. The molecule has 2 aromatic rings. The maximum Gasteiger partial charge on any atom is 0.310 e. The molecule has 1 N–H and O–H groups in total. The van der Waals surface area contributed by atoms with E-state index in [0.29, 0.717) is 18.0 Å². The van der Waals surface area contributed by atoms with Gasteiger partial charge in [0.2, 0.25) is 0 Å². The molecule has 0 aliphatic carbocycles. The number of hydrogen-bond acceptors (Lipinski definition) is 6. The average Bonchev–Trinajstić information content (AvgIpc) is 3.19. The van der Waals surface area contributed by atoms with Gasteiger partial charge in [-0.05, 0) is 31.0 Å². The second kappa shape index (κ2) is 9.00. The minimum atomic E-state index is -0.553. The van der Waals surface area contributed by atoms with Crippen molar-refractivity contribution in [3.8, 4) is 11.5 Å². The molecule has 0 saturated carbocycles. The van der Waals surface area contributed by atoms with Gasteiger partial charge in [0.15, 0.2) is 12.4 Å². The summed E-state index contributed by atoms with van der Waals surface area (Å²) in [4.78, 5) is 22.5. The first-order valence-corrected chi connectivity index (χ1v) is 8.62. The second-order valence-electron chi connectivity index (χ2n) is 6.04. The van der Waals surface area contributed by atoms with Crippen molar-refractivity contribution in [3.05, 3.63) is 58.6 Å². The predicted molar refractivity (Wildman–Crippen MR) is 98.1 cm³/mol. The van der Waals surface area contributed by atoms with Crippen LogP contribution in [-0.2, 0) is 9.53 Å². The Bertz CT molecular complexity index is 804. The van der Waals surface area contributed by atoms with Crippen LogP contribution >= 0.6 is 0 Å². The van der Waals surface area contributed by atoms with E-state index in [1.54, 1.807) is 30.3 Å². The van der Waals surface area contributed by atoms with Crippen LogP contribution in [-0.4, -0.2) is 36.8 Å². The number of para-hydroxylation sites is 2. The van der Waals surface area contributed by atoms with E-state index in [0.717, 1.165) is 19.4 Å². The molecule has 3 rings (SSSR count). The number of nitro groups is 1. The van der Waals surface area contributed by atoms with Gasteiger partial charge < -0.3 is 19.5 Å². The zero-order valence-corrected chi connectivity index (χ0v) is 14.6. The SMILES string of the molecule is O=C(COc1ccccc1[N+](=O)[O-])Nc1cccc(OCC2CCCO2)c1. The molecule has 1 aliphatic rings. The smallest absolute Gasteiger partial charge is 0.310 e. The van der Waals surface area contributed by atoms with Gasteiger partial charge in [-0.15, -0.1) is 0 Å². The number of amides is 1. The summed E-state index contributed by atoms with van der Waals surface area (Å²) in [5.74, 6) is 0.249. The summed E-state index contributed by atoms with van der Waals surface area (Å²) in [6.45, 7) is 0.897. The Labute approximate surface area is 156 Å². The van der Waals surface area contributed by atoms with E-state index in [-0.39, 0.29) is 24.1 Å². The first kappa shape index (κ1) is 18.7. The molecule has 0 spiro atoms. The molecular formula is C19H20N2O6. The van der Waals surface area contributed by atoms with Gasteiger partial charge in [-0.3, -0.25) is 14.9 Å². The third-order valence-corrected chi connectivity index (χ3v) is 4.00. The number of nitrogens with one attached hydrogen (secondary N) is 1. The molecule has 1 fully saturated rings. The van der Waals surface area contributed by atoms with Gasteiger partial charge in [-0.2, -0.15) is 0 Å². The second-order valence-corrected chi connectivity index (χ2v) is 6.04. The van der Waals surface area contributed by atoms with Crippen LogP contribution in [0.4, 0.5) is 11.4 Å². The van der Waals surface area contributed by atoms with Crippen molar-refractivity contribution >= 4 is 17.3 Å². The highest BCUT2D eigenvalue weighted by Gasteiger charge is 2.17. The Morgan fingerprint density at radius 1 is 1.22 bits per heavy atom. The molecule has 1 aliphatic heterocycles. The van der Waals surface area contributed by atoms with E-state index in [1.807, 2.05) is 0 Å². The largest absolute Gasteiger partial charge is 0.491 e. The normalized spacial score (nSPS) is 15.9. The van der Waals surface area contributed by atoms with Crippen molar-refractivity contribution < 1.29 is 23.9 Å². The quantitative estimate of drug-likeness (QED) is 0.564. The van der Waals surface area contributed by atoms with Crippen molar-refractivity contribution in [3.63, 3.8) is 0 Å². The Morgan fingerprint density at radius 2 is 2.07 bits per heavy atom. The van der Waals surface area contributed by atoms with Gasteiger partial charge in [0.05, 0.1) is 11.0 Å². The molecule has 1 atom stereocenters. The van der Waals surface area contributed by atoms with Crippen LogP contribution < -0.4 is 14.8 Å². The van der Waals surface area contributed by atoms with Crippen molar-refractivity contribution in [1.29, 1.82) is 0 Å². The van der Waals surface area contributed by atoms with E-state index in [9.17, 15) is 14.9 Å². The summed E-state index contributed by atoms with van der Waals surface area (Å²) in [6.07, 6.45) is 2.14. The number of nitrogens with zero attached hydrogens (tertiary/aromatic N) is 1. The molecular weight excluding hydrogens is 352 g/mol. The maximum atomic E-state index is 12.1. The topological polar surface area (TPSA) is 99.9 Å². The predicted octanol–water partition coefficient (Wildman–Crippen LogP) is 3.17. The summed E-state index contributed by atoms with van der Waals surface area (Å²) >= 11 is 0. The lowest BCUT2D eigenvalue weighted by atomic mass is 10.2. The fourth-order valence-corrected chi connectivity index (χ4v) is 2.70. The molecule has 1 saturated heterocycles. The number of rotatable bonds is 8. The average molecular weight is 372 g/mol. The lowest BCUT2D eigenvalue weighted by molar-refractivity contribution is -0.385. The molecule has 142 valence electrons. The lowest BCUT2D eigenvalue weighted by Crippen LogP contribution is -2.20.